The van der Waals surface area contributed by atoms with E-state index in [1.807, 2.05) is 59.6 Å². The van der Waals surface area contributed by atoms with Crippen molar-refractivity contribution < 1.29 is 18.7 Å². The Morgan fingerprint density at radius 3 is 2.14 bits per heavy atom. The van der Waals surface area contributed by atoms with E-state index in [4.69, 9.17) is 21.4 Å². The number of benzene rings is 3. The number of hydrazone groups is 1. The fraction of sp³-hybridized carbons (Fsp3) is 0.222. The molecule has 2 bridgehead atoms. The summed E-state index contributed by atoms with van der Waals surface area (Å²) in [6, 6.07) is 22.4. The Bertz CT molecular complexity index is 1400. The van der Waals surface area contributed by atoms with Crippen molar-refractivity contribution in [1.29, 1.82) is 0 Å². The second-order valence-electron chi connectivity index (χ2n) is 9.27. The van der Waals surface area contributed by atoms with Crippen molar-refractivity contribution in [2.45, 2.75) is 18.2 Å². The molecule has 3 fully saturated rings. The molecule has 3 aromatic rings. The Morgan fingerprint density at radius 1 is 0.771 bits per heavy atom. The summed E-state index contributed by atoms with van der Waals surface area (Å²) in [5.41, 5.74) is 2.81. The molecule has 0 saturated carbocycles. The Balaban J connectivity index is 1.33. The summed E-state index contributed by atoms with van der Waals surface area (Å²) in [4.78, 5) is 28.3. The number of anilines is 2. The Labute approximate surface area is 205 Å². The molecule has 7 rings (SSSR count). The van der Waals surface area contributed by atoms with Gasteiger partial charge in [0.15, 0.2) is 0 Å². The van der Waals surface area contributed by atoms with Gasteiger partial charge < -0.3 is 4.74 Å². The number of imide groups is 1. The summed E-state index contributed by atoms with van der Waals surface area (Å²) in [6.07, 6.45) is -1.03. The molecule has 3 aromatic carbocycles. The number of halogens is 2. The van der Waals surface area contributed by atoms with Crippen LogP contribution < -0.4 is 9.91 Å². The molecule has 35 heavy (non-hydrogen) atoms. The summed E-state index contributed by atoms with van der Waals surface area (Å²) in [7, 11) is 0. The molecule has 0 N–H and O–H groups in total. The predicted octanol–water partition coefficient (Wildman–Crippen LogP) is 4.28. The van der Waals surface area contributed by atoms with Gasteiger partial charge in [0, 0.05) is 10.6 Å². The Morgan fingerprint density at radius 2 is 1.43 bits per heavy atom. The minimum Gasteiger partial charge on any atom is -0.370 e. The van der Waals surface area contributed by atoms with E-state index < -0.39 is 29.9 Å². The summed E-state index contributed by atoms with van der Waals surface area (Å²) < 4.78 is 19.9. The molecule has 4 heterocycles. The third-order valence-electron chi connectivity index (χ3n) is 7.55. The van der Waals surface area contributed by atoms with E-state index in [0.717, 1.165) is 17.0 Å². The molecule has 0 radical (unpaired) electrons. The van der Waals surface area contributed by atoms with Gasteiger partial charge in [-0.15, -0.1) is 0 Å². The van der Waals surface area contributed by atoms with Crippen LogP contribution in [0.2, 0.25) is 5.02 Å². The number of carbonyl (C=O) groups is 2. The van der Waals surface area contributed by atoms with Gasteiger partial charge in [-0.2, -0.15) is 5.10 Å². The fourth-order valence-electron chi connectivity index (χ4n) is 6.17. The molecule has 0 spiro atoms. The second-order valence-corrected chi connectivity index (χ2v) is 9.67. The summed E-state index contributed by atoms with van der Waals surface area (Å²) in [5, 5.41) is 7.48. The molecule has 4 aliphatic heterocycles. The highest BCUT2D eigenvalue weighted by atomic mass is 35.5. The zero-order valence-electron chi connectivity index (χ0n) is 18.3. The van der Waals surface area contributed by atoms with E-state index in [1.165, 1.54) is 29.2 Å². The highest BCUT2D eigenvalue weighted by Gasteiger charge is 2.72. The van der Waals surface area contributed by atoms with Crippen LogP contribution in [0.15, 0.2) is 84.0 Å². The SMILES string of the molecule is O=C1[C@@H]2[C@H]3O[C@@H]([C@@H]2C(=O)N1c1ccc(F)cc1)[C@H]1[C@@H]3C(c2ccccc2Cl)=NN1c1ccccc1. The van der Waals surface area contributed by atoms with Crippen molar-refractivity contribution in [3.8, 4) is 0 Å². The number of hydrogen-bond acceptors (Lipinski definition) is 5. The summed E-state index contributed by atoms with van der Waals surface area (Å²) in [5.74, 6) is -2.52. The number of carbonyl (C=O) groups excluding carboxylic acids is 2. The van der Waals surface area contributed by atoms with Crippen LogP contribution in [0.4, 0.5) is 15.8 Å². The van der Waals surface area contributed by atoms with E-state index >= 15 is 0 Å². The van der Waals surface area contributed by atoms with Gasteiger partial charge in [0.2, 0.25) is 11.8 Å². The van der Waals surface area contributed by atoms with Crippen molar-refractivity contribution in [2.75, 3.05) is 9.91 Å². The van der Waals surface area contributed by atoms with E-state index in [0.29, 0.717) is 10.7 Å². The minimum atomic E-state index is -0.623. The maximum absolute atomic E-state index is 13.6. The lowest BCUT2D eigenvalue weighted by Crippen LogP contribution is -2.50. The molecule has 8 heteroatoms. The van der Waals surface area contributed by atoms with Gasteiger partial charge >= 0.3 is 0 Å². The smallest absolute Gasteiger partial charge is 0.240 e. The van der Waals surface area contributed by atoms with Gasteiger partial charge in [0.1, 0.15) is 5.82 Å². The second kappa shape index (κ2) is 7.47. The first-order valence-corrected chi connectivity index (χ1v) is 11.9. The number of nitrogens with zero attached hydrogens (tertiary/aromatic N) is 3. The quantitative estimate of drug-likeness (QED) is 0.517. The highest BCUT2D eigenvalue weighted by Crippen LogP contribution is 2.56. The third-order valence-corrected chi connectivity index (χ3v) is 7.88. The highest BCUT2D eigenvalue weighted by molar-refractivity contribution is 6.34. The van der Waals surface area contributed by atoms with Gasteiger partial charge in [-0.3, -0.25) is 14.6 Å². The number of ether oxygens (including phenoxy) is 1. The number of rotatable bonds is 3. The molecule has 0 unspecified atom stereocenters. The standard InChI is InChI=1S/C27H19ClFN3O3/c28-18-9-5-4-8-17(18)22-21-23(32(30-22)16-6-2-1-3-7-16)25-20-19(24(21)35-25)26(33)31(27(20)34)15-12-10-14(29)11-13-15/h1-13,19-21,23-25H/t19-,20+,21-,23+,24+,25-/m0/s1. The van der Waals surface area contributed by atoms with Crippen LogP contribution in [-0.2, 0) is 14.3 Å². The van der Waals surface area contributed by atoms with Crippen molar-refractivity contribution >= 4 is 40.5 Å². The third kappa shape index (κ3) is 2.82. The van der Waals surface area contributed by atoms with E-state index in [9.17, 15) is 14.0 Å². The van der Waals surface area contributed by atoms with Gasteiger partial charge in [-0.1, -0.05) is 48.0 Å². The molecular formula is C27H19ClFN3O3. The maximum atomic E-state index is 13.6. The van der Waals surface area contributed by atoms with Gasteiger partial charge in [0.05, 0.1) is 53.1 Å². The molecule has 6 nitrogen and oxygen atoms in total. The first-order valence-electron chi connectivity index (χ1n) is 11.5. The van der Waals surface area contributed by atoms with Crippen LogP contribution in [-0.4, -0.2) is 35.8 Å². The van der Waals surface area contributed by atoms with Gasteiger partial charge in [0.25, 0.3) is 0 Å². The molecule has 174 valence electrons. The van der Waals surface area contributed by atoms with E-state index in [-0.39, 0.29) is 23.8 Å². The Hall–Kier alpha value is -3.55. The average Bonchev–Trinajstić information content (AvgIpc) is 3.60. The largest absolute Gasteiger partial charge is 0.370 e. The van der Waals surface area contributed by atoms with Crippen molar-refractivity contribution in [1.82, 2.24) is 0 Å². The van der Waals surface area contributed by atoms with E-state index in [2.05, 4.69) is 0 Å². The first kappa shape index (κ1) is 20.8. The van der Waals surface area contributed by atoms with Crippen molar-refractivity contribution in [3.63, 3.8) is 0 Å². The zero-order chi connectivity index (χ0) is 23.8. The van der Waals surface area contributed by atoms with Crippen LogP contribution in [0, 0.1) is 23.6 Å². The monoisotopic (exact) mass is 487 g/mol. The lowest BCUT2D eigenvalue weighted by molar-refractivity contribution is -0.125. The summed E-state index contributed by atoms with van der Waals surface area (Å²) in [6.45, 7) is 0. The van der Waals surface area contributed by atoms with Crippen LogP contribution in [0.1, 0.15) is 5.56 Å². The van der Waals surface area contributed by atoms with Gasteiger partial charge in [-0.25, -0.2) is 9.29 Å². The molecule has 3 saturated heterocycles. The molecular weight excluding hydrogens is 469 g/mol. The lowest BCUT2D eigenvalue weighted by Gasteiger charge is -2.32. The van der Waals surface area contributed by atoms with Crippen LogP contribution in [0.5, 0.6) is 0 Å². The molecule has 4 aliphatic rings. The number of fused-ring (bicyclic) bond motifs is 8. The fourth-order valence-corrected chi connectivity index (χ4v) is 6.40. The lowest BCUT2D eigenvalue weighted by atomic mass is 9.70. The molecule has 2 amide bonds. The minimum absolute atomic E-state index is 0.230. The molecule has 0 aliphatic carbocycles. The predicted molar refractivity (Wildman–Crippen MR) is 129 cm³/mol. The molecule has 0 aromatic heterocycles. The number of para-hydroxylation sites is 1. The molecule has 6 atom stereocenters. The van der Waals surface area contributed by atoms with Crippen LogP contribution in [0.3, 0.4) is 0 Å². The first-order chi connectivity index (χ1) is 17.0. The average molecular weight is 488 g/mol. The normalized spacial score (nSPS) is 30.6. The number of hydrogen-bond donors (Lipinski definition) is 0. The topological polar surface area (TPSA) is 62.2 Å². The van der Waals surface area contributed by atoms with Crippen molar-refractivity contribution in [2.24, 2.45) is 22.9 Å². The Kier molecular flexibility index (Phi) is 4.44. The zero-order valence-corrected chi connectivity index (χ0v) is 19.0. The van der Waals surface area contributed by atoms with E-state index in [1.54, 1.807) is 0 Å². The van der Waals surface area contributed by atoms with Crippen molar-refractivity contribution in [3.05, 3.63) is 95.3 Å². The maximum Gasteiger partial charge on any atom is 0.240 e. The summed E-state index contributed by atoms with van der Waals surface area (Å²) >= 11 is 6.57. The van der Waals surface area contributed by atoms with Gasteiger partial charge in [-0.05, 0) is 42.5 Å². The van der Waals surface area contributed by atoms with Crippen LogP contribution in [0.25, 0.3) is 0 Å². The van der Waals surface area contributed by atoms with Crippen LogP contribution >= 0.6 is 11.6 Å². The number of amides is 2.